The number of hydrogen-bond donors (Lipinski definition) is 1. The molecule has 5 heteroatoms. The van der Waals surface area contributed by atoms with Crippen molar-refractivity contribution in [2.75, 3.05) is 19.3 Å². The summed E-state index contributed by atoms with van der Waals surface area (Å²) in [5, 5.41) is 3.04. The molecule has 0 aromatic carbocycles. The molecule has 4 nitrogen and oxygen atoms in total. The normalized spacial score (nSPS) is 26.5. The smallest absolute Gasteiger partial charge is 0.214 e. The predicted molar refractivity (Wildman–Crippen MR) is 71.6 cm³/mol. The van der Waals surface area contributed by atoms with E-state index in [2.05, 4.69) is 12.2 Å². The average Bonchev–Trinajstić information content (AvgIpc) is 2.66. The largest absolute Gasteiger partial charge is 0.320 e. The van der Waals surface area contributed by atoms with Gasteiger partial charge in [-0.25, -0.2) is 8.42 Å². The highest BCUT2D eigenvalue weighted by molar-refractivity contribution is 7.89. The highest BCUT2D eigenvalue weighted by Gasteiger charge is 2.37. The van der Waals surface area contributed by atoms with E-state index in [-0.39, 0.29) is 12.1 Å². The third-order valence-electron chi connectivity index (χ3n) is 3.58. The first kappa shape index (κ1) is 14.9. The van der Waals surface area contributed by atoms with E-state index in [1.807, 2.05) is 14.0 Å². The maximum atomic E-state index is 12.3. The van der Waals surface area contributed by atoms with Crippen molar-refractivity contribution in [3.05, 3.63) is 0 Å². The van der Waals surface area contributed by atoms with E-state index in [0.717, 1.165) is 38.6 Å². The molecule has 2 atom stereocenters. The van der Waals surface area contributed by atoms with E-state index in [0.29, 0.717) is 5.75 Å². The van der Waals surface area contributed by atoms with Crippen molar-refractivity contribution in [1.29, 1.82) is 0 Å². The van der Waals surface area contributed by atoms with Crippen LogP contribution >= 0.6 is 0 Å². The second-order valence-electron chi connectivity index (χ2n) is 4.95. The van der Waals surface area contributed by atoms with Crippen LogP contribution < -0.4 is 5.32 Å². The molecule has 0 aromatic rings. The molecule has 0 aliphatic carbocycles. The highest BCUT2D eigenvalue weighted by Crippen LogP contribution is 2.29. The van der Waals surface area contributed by atoms with Gasteiger partial charge in [-0.15, -0.1) is 0 Å². The van der Waals surface area contributed by atoms with E-state index in [1.54, 1.807) is 4.31 Å². The summed E-state index contributed by atoms with van der Waals surface area (Å²) in [6.07, 6.45) is 4.64. The Balaban J connectivity index is 2.55. The molecule has 17 heavy (non-hydrogen) atoms. The molecule has 2 unspecified atom stereocenters. The first-order chi connectivity index (χ1) is 8.03. The average molecular weight is 262 g/mol. The number of hydrogen-bond acceptors (Lipinski definition) is 3. The summed E-state index contributed by atoms with van der Waals surface area (Å²) in [5.74, 6) is 0.301. The molecule has 0 spiro atoms. The zero-order valence-electron chi connectivity index (χ0n) is 11.3. The summed E-state index contributed by atoms with van der Waals surface area (Å²) in [7, 11) is -1.15. The maximum absolute atomic E-state index is 12.3. The van der Waals surface area contributed by atoms with Gasteiger partial charge < -0.3 is 5.32 Å². The molecule has 0 aromatic heterocycles. The molecule has 1 aliphatic heterocycles. The minimum Gasteiger partial charge on any atom is -0.320 e. The van der Waals surface area contributed by atoms with Crippen LogP contribution in [0.2, 0.25) is 0 Å². The van der Waals surface area contributed by atoms with Crippen molar-refractivity contribution in [2.45, 2.75) is 58.0 Å². The molecule has 1 aliphatic rings. The van der Waals surface area contributed by atoms with Gasteiger partial charge in [-0.3, -0.25) is 0 Å². The van der Waals surface area contributed by atoms with Gasteiger partial charge in [-0.1, -0.05) is 6.92 Å². The number of nitrogens with one attached hydrogen (secondary N) is 1. The van der Waals surface area contributed by atoms with Crippen LogP contribution in [-0.4, -0.2) is 44.2 Å². The quantitative estimate of drug-likeness (QED) is 0.709. The molecular weight excluding hydrogens is 236 g/mol. The van der Waals surface area contributed by atoms with Gasteiger partial charge in [-0.05, 0) is 52.6 Å². The predicted octanol–water partition coefficient (Wildman–Crippen LogP) is 1.58. The number of sulfonamides is 1. The zero-order chi connectivity index (χ0) is 12.9. The van der Waals surface area contributed by atoms with Gasteiger partial charge in [0.25, 0.3) is 0 Å². The molecule has 0 amide bonds. The molecule has 1 rings (SSSR count). The van der Waals surface area contributed by atoms with Crippen molar-refractivity contribution in [3.8, 4) is 0 Å². The van der Waals surface area contributed by atoms with E-state index >= 15 is 0 Å². The zero-order valence-corrected chi connectivity index (χ0v) is 12.1. The minimum atomic E-state index is -3.05. The Morgan fingerprint density at radius 1 is 1.29 bits per heavy atom. The Morgan fingerprint density at radius 2 is 2.00 bits per heavy atom. The molecule has 1 N–H and O–H groups in total. The van der Waals surface area contributed by atoms with Crippen molar-refractivity contribution >= 4 is 10.0 Å². The van der Waals surface area contributed by atoms with Crippen LogP contribution in [0, 0.1) is 0 Å². The molecular formula is C12H26N2O2S. The van der Waals surface area contributed by atoms with Crippen molar-refractivity contribution < 1.29 is 8.42 Å². The molecule has 1 heterocycles. The number of rotatable bonds is 7. The standard InChI is InChI=1S/C12H26N2O2S/c1-4-12-8-7-11(2)14(12)17(15,16)10-6-5-9-13-3/h11-13H,4-10H2,1-3H3. The van der Waals surface area contributed by atoms with Gasteiger partial charge in [0.05, 0.1) is 5.75 Å². The summed E-state index contributed by atoms with van der Waals surface area (Å²) in [6.45, 7) is 5.00. The van der Waals surface area contributed by atoms with Gasteiger partial charge in [0.1, 0.15) is 0 Å². The molecule has 1 saturated heterocycles. The van der Waals surface area contributed by atoms with Gasteiger partial charge in [0, 0.05) is 12.1 Å². The Morgan fingerprint density at radius 3 is 2.59 bits per heavy atom. The lowest BCUT2D eigenvalue weighted by molar-refractivity contribution is 0.328. The summed E-state index contributed by atoms with van der Waals surface area (Å²) in [4.78, 5) is 0. The molecule has 0 saturated carbocycles. The minimum absolute atomic E-state index is 0.189. The van der Waals surface area contributed by atoms with Crippen molar-refractivity contribution in [3.63, 3.8) is 0 Å². The fourth-order valence-corrected chi connectivity index (χ4v) is 4.77. The lowest BCUT2D eigenvalue weighted by atomic mass is 10.2. The van der Waals surface area contributed by atoms with E-state index in [1.165, 1.54) is 0 Å². The fraction of sp³-hybridized carbons (Fsp3) is 1.00. The highest BCUT2D eigenvalue weighted by atomic mass is 32.2. The number of nitrogens with zero attached hydrogens (tertiary/aromatic N) is 1. The monoisotopic (exact) mass is 262 g/mol. The summed E-state index contributed by atoms with van der Waals surface area (Å²) in [6, 6.07) is 0.425. The van der Waals surface area contributed by atoms with Gasteiger partial charge >= 0.3 is 0 Å². The third-order valence-corrected chi connectivity index (χ3v) is 5.69. The molecule has 1 fully saturated rings. The lowest BCUT2D eigenvalue weighted by Crippen LogP contribution is -2.41. The summed E-state index contributed by atoms with van der Waals surface area (Å²) in [5.41, 5.74) is 0. The van der Waals surface area contributed by atoms with Crippen LogP contribution in [0.4, 0.5) is 0 Å². The van der Waals surface area contributed by atoms with Crippen LogP contribution in [0.1, 0.15) is 46.0 Å². The fourth-order valence-electron chi connectivity index (χ4n) is 2.62. The molecule has 102 valence electrons. The van der Waals surface area contributed by atoms with Gasteiger partial charge in [0.15, 0.2) is 0 Å². The van der Waals surface area contributed by atoms with Crippen LogP contribution in [0.5, 0.6) is 0 Å². The Labute approximate surface area is 106 Å². The van der Waals surface area contributed by atoms with E-state index in [9.17, 15) is 8.42 Å². The maximum Gasteiger partial charge on any atom is 0.214 e. The Kier molecular flexibility index (Phi) is 5.89. The van der Waals surface area contributed by atoms with Gasteiger partial charge in [0.2, 0.25) is 10.0 Å². The van der Waals surface area contributed by atoms with Crippen molar-refractivity contribution in [2.24, 2.45) is 0 Å². The molecule has 0 radical (unpaired) electrons. The first-order valence-corrected chi connectivity index (χ1v) is 8.29. The van der Waals surface area contributed by atoms with E-state index < -0.39 is 10.0 Å². The van der Waals surface area contributed by atoms with Crippen LogP contribution in [0.25, 0.3) is 0 Å². The second kappa shape index (κ2) is 6.71. The van der Waals surface area contributed by atoms with Gasteiger partial charge in [-0.2, -0.15) is 4.31 Å². The SMILES string of the molecule is CCC1CCC(C)N1S(=O)(=O)CCCCNC. The first-order valence-electron chi connectivity index (χ1n) is 6.68. The summed E-state index contributed by atoms with van der Waals surface area (Å²) < 4.78 is 26.3. The van der Waals surface area contributed by atoms with Crippen molar-refractivity contribution in [1.82, 2.24) is 9.62 Å². The van der Waals surface area contributed by atoms with Crippen LogP contribution in [0.3, 0.4) is 0 Å². The number of unbranched alkanes of at least 4 members (excludes halogenated alkanes) is 1. The Bertz CT molecular complexity index is 316. The lowest BCUT2D eigenvalue weighted by Gasteiger charge is -2.27. The molecule has 0 bridgehead atoms. The summed E-state index contributed by atoms with van der Waals surface area (Å²) >= 11 is 0. The topological polar surface area (TPSA) is 49.4 Å². The second-order valence-corrected chi connectivity index (χ2v) is 6.94. The third kappa shape index (κ3) is 3.93. The van der Waals surface area contributed by atoms with E-state index in [4.69, 9.17) is 0 Å². The van der Waals surface area contributed by atoms with Crippen LogP contribution in [0.15, 0.2) is 0 Å². The van der Waals surface area contributed by atoms with Crippen LogP contribution in [-0.2, 0) is 10.0 Å². The Hall–Kier alpha value is -0.130.